The van der Waals surface area contributed by atoms with Gasteiger partial charge in [0.25, 0.3) is 6.10 Å². The third kappa shape index (κ3) is 4.64. The molecule has 25 heavy (non-hydrogen) atoms. The van der Waals surface area contributed by atoms with E-state index in [1.807, 2.05) is 0 Å². The summed E-state index contributed by atoms with van der Waals surface area (Å²) in [5.41, 5.74) is 0.775. The first-order valence-electron chi connectivity index (χ1n) is 6.62. The summed E-state index contributed by atoms with van der Waals surface area (Å²) in [6, 6.07) is 5.84. The zero-order valence-corrected chi connectivity index (χ0v) is 12.9. The van der Waals surface area contributed by atoms with Crippen LogP contribution in [0.1, 0.15) is 17.2 Å². The Hall–Kier alpha value is -1.79. The zero-order valence-electron chi connectivity index (χ0n) is 12.1. The summed E-state index contributed by atoms with van der Waals surface area (Å²) < 4.78 is 104. The van der Waals surface area contributed by atoms with Crippen LogP contribution < -0.4 is 0 Å². The Kier molecular flexibility index (Phi) is 5.08. The molecule has 140 valence electrons. The van der Waals surface area contributed by atoms with Crippen LogP contribution in [0.2, 0.25) is 0 Å². The molecule has 1 aromatic rings. The van der Waals surface area contributed by atoms with E-state index in [9.17, 15) is 39.7 Å². The molecule has 1 aliphatic heterocycles. The van der Waals surface area contributed by atoms with E-state index in [0.29, 0.717) is 12.2 Å². The third-order valence-corrected chi connectivity index (χ3v) is 4.07. The predicted octanol–water partition coefficient (Wildman–Crippen LogP) is 1.91. The van der Waals surface area contributed by atoms with E-state index in [1.165, 1.54) is 18.2 Å². The number of halogens is 5. The molecule has 0 bridgehead atoms. The number of carbonyl (C=O) groups is 1. The summed E-state index contributed by atoms with van der Waals surface area (Å²) >= 11 is 0. The van der Waals surface area contributed by atoms with Crippen molar-refractivity contribution < 1.29 is 49.2 Å². The fourth-order valence-electron chi connectivity index (χ4n) is 1.94. The van der Waals surface area contributed by atoms with Crippen molar-refractivity contribution in [2.75, 3.05) is 6.61 Å². The van der Waals surface area contributed by atoms with Gasteiger partial charge in [0.15, 0.2) is 10.1 Å². The van der Waals surface area contributed by atoms with Crippen LogP contribution in [0.15, 0.2) is 24.3 Å². The van der Waals surface area contributed by atoms with Crippen molar-refractivity contribution in [1.29, 1.82) is 0 Å². The first-order valence-corrected chi connectivity index (χ1v) is 8.03. The Morgan fingerprint density at radius 2 is 1.92 bits per heavy atom. The van der Waals surface area contributed by atoms with Crippen LogP contribution in [-0.2, 0) is 30.8 Å². The van der Waals surface area contributed by atoms with E-state index < -0.39 is 40.0 Å². The molecule has 1 aliphatic rings. The van der Waals surface area contributed by atoms with Crippen LogP contribution in [0, 0.1) is 0 Å². The maximum absolute atomic E-state index is 13.3. The average molecular weight is 389 g/mol. The molecule has 0 aliphatic carbocycles. The second kappa shape index (κ2) is 6.50. The Morgan fingerprint density at radius 1 is 1.32 bits per heavy atom. The van der Waals surface area contributed by atoms with Crippen molar-refractivity contribution in [3.05, 3.63) is 35.4 Å². The minimum absolute atomic E-state index is 0.146. The van der Waals surface area contributed by atoms with Gasteiger partial charge in [-0.05, 0) is 11.1 Å². The maximum Gasteiger partial charge on any atom is 0.432 e. The summed E-state index contributed by atoms with van der Waals surface area (Å²) in [7, 11) is -6.71. The molecular weight excluding hydrogens is 379 g/mol. The monoisotopic (exact) mass is 389 g/mol. The molecule has 1 heterocycles. The van der Waals surface area contributed by atoms with E-state index in [-0.39, 0.29) is 11.7 Å². The van der Waals surface area contributed by atoms with Gasteiger partial charge >= 0.3 is 17.4 Å². The SMILES string of the molecule is O=C(Cc1cccc(C2CO2)c1)OC(C(F)(F)F)C(F)(F)S(=O)(=O)[O-]. The molecule has 1 aromatic carbocycles. The molecule has 6 nitrogen and oxygen atoms in total. The largest absolute Gasteiger partial charge is 0.743 e. The quantitative estimate of drug-likeness (QED) is 0.319. The van der Waals surface area contributed by atoms with Crippen molar-refractivity contribution >= 4 is 16.1 Å². The Labute approximate surface area is 138 Å². The number of epoxide rings is 1. The highest BCUT2D eigenvalue weighted by Gasteiger charge is 2.62. The first kappa shape index (κ1) is 19.5. The molecular formula is C13H10F5O6S-. The van der Waals surface area contributed by atoms with Crippen LogP contribution in [-0.4, -0.2) is 43.1 Å². The van der Waals surface area contributed by atoms with Crippen LogP contribution in [0.3, 0.4) is 0 Å². The molecule has 2 atom stereocenters. The van der Waals surface area contributed by atoms with E-state index >= 15 is 0 Å². The molecule has 12 heteroatoms. The fourth-order valence-corrected chi connectivity index (χ4v) is 2.38. The summed E-state index contributed by atoms with van der Waals surface area (Å²) in [6.45, 7) is 0.428. The maximum atomic E-state index is 13.3. The van der Waals surface area contributed by atoms with Crippen molar-refractivity contribution in [1.82, 2.24) is 0 Å². The van der Waals surface area contributed by atoms with Gasteiger partial charge in [-0.15, -0.1) is 0 Å². The second-order valence-corrected chi connectivity index (χ2v) is 6.62. The average Bonchev–Trinajstić information content (AvgIpc) is 3.27. The summed E-state index contributed by atoms with van der Waals surface area (Å²) in [4.78, 5) is 11.6. The molecule has 2 rings (SSSR count). The lowest BCUT2D eigenvalue weighted by Gasteiger charge is -2.29. The number of benzene rings is 1. The van der Waals surface area contributed by atoms with Crippen molar-refractivity contribution in [3.8, 4) is 0 Å². The van der Waals surface area contributed by atoms with Gasteiger partial charge in [0.05, 0.1) is 13.0 Å². The number of rotatable bonds is 6. The van der Waals surface area contributed by atoms with Gasteiger partial charge in [-0.3, -0.25) is 4.79 Å². The number of hydrogen-bond donors (Lipinski definition) is 0. The van der Waals surface area contributed by atoms with Crippen LogP contribution in [0.5, 0.6) is 0 Å². The molecule has 0 aromatic heterocycles. The number of hydrogen-bond acceptors (Lipinski definition) is 6. The van der Waals surface area contributed by atoms with E-state index in [4.69, 9.17) is 4.74 Å². The zero-order chi connectivity index (χ0) is 19.0. The molecule has 0 N–H and O–H groups in total. The Bertz CT molecular complexity index is 756. The standard InChI is InChI=1S/C13H11F5O6S/c14-12(15,16)11(13(17,18)25(20,21)22)24-10(19)5-7-2-1-3-8(4-7)9-6-23-9/h1-4,9,11H,5-6H2,(H,20,21,22)/p-1. The number of ether oxygens (including phenoxy) is 2. The third-order valence-electron chi connectivity index (χ3n) is 3.19. The van der Waals surface area contributed by atoms with Gasteiger partial charge < -0.3 is 14.0 Å². The van der Waals surface area contributed by atoms with Crippen molar-refractivity contribution in [2.24, 2.45) is 0 Å². The number of esters is 1. The van der Waals surface area contributed by atoms with Crippen molar-refractivity contribution in [3.63, 3.8) is 0 Å². The molecule has 2 unspecified atom stereocenters. The van der Waals surface area contributed by atoms with E-state index in [1.54, 1.807) is 6.07 Å². The van der Waals surface area contributed by atoms with Crippen LogP contribution in [0.25, 0.3) is 0 Å². The summed E-state index contributed by atoms with van der Waals surface area (Å²) in [5, 5.41) is -5.86. The highest BCUT2D eigenvalue weighted by atomic mass is 32.2. The fraction of sp³-hybridized carbons (Fsp3) is 0.462. The van der Waals surface area contributed by atoms with Gasteiger partial charge in [-0.25, -0.2) is 8.42 Å². The molecule has 1 saturated heterocycles. The highest BCUT2D eigenvalue weighted by Crippen LogP contribution is 2.38. The van der Waals surface area contributed by atoms with Crippen molar-refractivity contribution in [2.45, 2.75) is 30.1 Å². The predicted molar refractivity (Wildman–Crippen MR) is 69.4 cm³/mol. The van der Waals surface area contributed by atoms with E-state index in [2.05, 4.69) is 4.74 Å². The summed E-state index contributed by atoms with van der Waals surface area (Å²) in [6.07, 6.45) is -11.4. The van der Waals surface area contributed by atoms with Gasteiger partial charge in [0.2, 0.25) is 0 Å². The number of carbonyl (C=O) groups excluding carboxylic acids is 1. The molecule has 0 radical (unpaired) electrons. The van der Waals surface area contributed by atoms with Gasteiger partial charge in [0.1, 0.15) is 6.10 Å². The lowest BCUT2D eigenvalue weighted by Crippen LogP contribution is -2.52. The summed E-state index contributed by atoms with van der Waals surface area (Å²) in [5.74, 6) is -1.76. The van der Waals surface area contributed by atoms with Crippen LogP contribution >= 0.6 is 0 Å². The highest BCUT2D eigenvalue weighted by molar-refractivity contribution is 7.86. The lowest BCUT2D eigenvalue weighted by atomic mass is 10.1. The molecule has 0 spiro atoms. The van der Waals surface area contributed by atoms with Gasteiger partial charge in [-0.1, -0.05) is 24.3 Å². The molecule has 1 fully saturated rings. The van der Waals surface area contributed by atoms with E-state index in [0.717, 1.165) is 0 Å². The smallest absolute Gasteiger partial charge is 0.432 e. The normalized spacial score (nSPS) is 19.4. The minimum Gasteiger partial charge on any atom is -0.743 e. The lowest BCUT2D eigenvalue weighted by molar-refractivity contribution is -0.259. The van der Waals surface area contributed by atoms with Gasteiger partial charge in [-0.2, -0.15) is 22.0 Å². The molecule has 0 amide bonds. The number of alkyl halides is 5. The Morgan fingerprint density at radius 3 is 2.40 bits per heavy atom. The van der Waals surface area contributed by atoms with Gasteiger partial charge in [0, 0.05) is 0 Å². The second-order valence-electron chi connectivity index (χ2n) is 5.17. The molecule has 0 saturated carbocycles. The first-order chi connectivity index (χ1) is 11.3. The minimum atomic E-state index is -6.71. The Balaban J connectivity index is 2.16. The topological polar surface area (TPSA) is 96.0 Å². The van der Waals surface area contributed by atoms with Crippen LogP contribution in [0.4, 0.5) is 22.0 Å².